The number of fused-ring (bicyclic) bond motifs is 1. The summed E-state index contributed by atoms with van der Waals surface area (Å²) in [6.07, 6.45) is 1.61. The summed E-state index contributed by atoms with van der Waals surface area (Å²) in [5, 5.41) is 10.7. The molecule has 3 rings (SSSR count). The van der Waals surface area contributed by atoms with Crippen LogP contribution in [0.4, 0.5) is 11.5 Å². The third-order valence-electron chi connectivity index (χ3n) is 2.69. The summed E-state index contributed by atoms with van der Waals surface area (Å²) < 4.78 is 4.39. The number of benzene rings is 1. The molecule has 0 aliphatic rings. The highest BCUT2D eigenvalue weighted by Gasteiger charge is 2.17. The minimum Gasteiger partial charge on any atom is -0.379 e. The predicted octanol–water partition coefficient (Wildman–Crippen LogP) is 2.11. The van der Waals surface area contributed by atoms with Gasteiger partial charge in [-0.3, -0.25) is 9.78 Å². The van der Waals surface area contributed by atoms with E-state index in [0.717, 1.165) is 5.39 Å². The predicted molar refractivity (Wildman–Crippen MR) is 73.4 cm³/mol. The van der Waals surface area contributed by atoms with Crippen molar-refractivity contribution >= 4 is 39.9 Å². The first-order valence-electron chi connectivity index (χ1n) is 5.59. The van der Waals surface area contributed by atoms with E-state index in [0.29, 0.717) is 16.2 Å². The molecule has 0 unspecified atom stereocenters. The number of rotatable bonds is 2. The van der Waals surface area contributed by atoms with Crippen molar-refractivity contribution in [2.24, 2.45) is 0 Å². The van der Waals surface area contributed by atoms with Crippen molar-refractivity contribution in [1.82, 2.24) is 15.3 Å². The molecule has 1 aromatic carbocycles. The Morgan fingerprint density at radius 3 is 2.90 bits per heavy atom. The van der Waals surface area contributed by atoms with Gasteiger partial charge in [-0.2, -0.15) is 0 Å². The molecule has 0 bridgehead atoms. The van der Waals surface area contributed by atoms with E-state index in [-0.39, 0.29) is 11.5 Å². The molecule has 0 aliphatic heterocycles. The molecule has 20 heavy (non-hydrogen) atoms. The smallest absolute Gasteiger partial charge is 0.281 e. The van der Waals surface area contributed by atoms with Gasteiger partial charge in [-0.05, 0) is 34.6 Å². The van der Waals surface area contributed by atoms with E-state index >= 15 is 0 Å². The SMILES string of the molecule is Nc1nonc1C(=O)Nc1ccc(Cl)c2cccnc12. The summed E-state index contributed by atoms with van der Waals surface area (Å²) >= 11 is 6.08. The molecule has 2 heterocycles. The summed E-state index contributed by atoms with van der Waals surface area (Å²) in [6, 6.07) is 6.90. The second kappa shape index (κ2) is 4.78. The number of nitrogens with one attached hydrogen (secondary N) is 1. The molecule has 0 atom stereocenters. The van der Waals surface area contributed by atoms with Gasteiger partial charge in [0.1, 0.15) is 0 Å². The zero-order valence-electron chi connectivity index (χ0n) is 10.0. The number of amides is 1. The molecule has 100 valence electrons. The summed E-state index contributed by atoms with van der Waals surface area (Å²) in [5.41, 5.74) is 6.46. The average Bonchev–Trinajstić information content (AvgIpc) is 2.88. The zero-order chi connectivity index (χ0) is 14.1. The monoisotopic (exact) mass is 289 g/mol. The van der Waals surface area contributed by atoms with Crippen LogP contribution in [-0.4, -0.2) is 21.2 Å². The van der Waals surface area contributed by atoms with Gasteiger partial charge >= 0.3 is 0 Å². The van der Waals surface area contributed by atoms with Crippen molar-refractivity contribution in [3.8, 4) is 0 Å². The van der Waals surface area contributed by atoms with Crippen molar-refractivity contribution in [2.45, 2.75) is 0 Å². The standard InChI is InChI=1S/C12H8ClN5O2/c13-7-3-4-8(9-6(7)2-1-5-15-9)16-12(19)10-11(14)18-20-17-10/h1-5H,(H2,14,18)(H,16,19). The van der Waals surface area contributed by atoms with Crippen LogP contribution in [0.5, 0.6) is 0 Å². The number of nitrogen functional groups attached to an aromatic ring is 1. The van der Waals surface area contributed by atoms with Gasteiger partial charge in [0.25, 0.3) is 5.91 Å². The minimum absolute atomic E-state index is 0.0753. The van der Waals surface area contributed by atoms with E-state index in [1.54, 1.807) is 24.4 Å². The maximum atomic E-state index is 12.0. The second-order valence-electron chi connectivity index (χ2n) is 3.95. The van der Waals surface area contributed by atoms with Gasteiger partial charge in [-0.25, -0.2) is 4.63 Å². The van der Waals surface area contributed by atoms with Crippen molar-refractivity contribution in [2.75, 3.05) is 11.1 Å². The number of nitrogens with zero attached hydrogens (tertiary/aromatic N) is 3. The van der Waals surface area contributed by atoms with Gasteiger partial charge in [0.15, 0.2) is 0 Å². The fraction of sp³-hybridized carbons (Fsp3) is 0. The Labute approximate surface area is 117 Å². The summed E-state index contributed by atoms with van der Waals surface area (Å²) in [4.78, 5) is 16.2. The van der Waals surface area contributed by atoms with Gasteiger partial charge in [-0.15, -0.1) is 0 Å². The Morgan fingerprint density at radius 1 is 1.30 bits per heavy atom. The van der Waals surface area contributed by atoms with E-state index in [2.05, 4.69) is 25.2 Å². The number of hydrogen-bond donors (Lipinski definition) is 2. The van der Waals surface area contributed by atoms with Crippen LogP contribution in [-0.2, 0) is 0 Å². The Hall–Kier alpha value is -2.67. The number of carbonyl (C=O) groups is 1. The number of nitrogens with two attached hydrogens (primary N) is 1. The largest absolute Gasteiger partial charge is 0.379 e. The topological polar surface area (TPSA) is 107 Å². The first kappa shape index (κ1) is 12.4. The fourth-order valence-corrected chi connectivity index (χ4v) is 1.99. The van der Waals surface area contributed by atoms with Gasteiger partial charge in [-0.1, -0.05) is 11.6 Å². The van der Waals surface area contributed by atoms with E-state index in [1.807, 2.05) is 6.07 Å². The highest BCUT2D eigenvalue weighted by molar-refractivity contribution is 6.36. The summed E-state index contributed by atoms with van der Waals surface area (Å²) in [5.74, 6) is -0.605. The molecule has 7 nitrogen and oxygen atoms in total. The average molecular weight is 290 g/mol. The highest BCUT2D eigenvalue weighted by atomic mass is 35.5. The Kier molecular flexibility index (Phi) is 2.96. The molecule has 8 heteroatoms. The van der Waals surface area contributed by atoms with E-state index in [1.165, 1.54) is 0 Å². The number of halogens is 1. The number of pyridine rings is 1. The maximum Gasteiger partial charge on any atom is 0.281 e. The number of aromatic nitrogens is 3. The van der Waals surface area contributed by atoms with E-state index in [9.17, 15) is 4.79 Å². The lowest BCUT2D eigenvalue weighted by molar-refractivity contribution is 0.101. The van der Waals surface area contributed by atoms with E-state index in [4.69, 9.17) is 17.3 Å². The first-order valence-corrected chi connectivity index (χ1v) is 5.97. The third-order valence-corrected chi connectivity index (χ3v) is 3.02. The first-order chi connectivity index (χ1) is 9.66. The zero-order valence-corrected chi connectivity index (χ0v) is 10.8. The van der Waals surface area contributed by atoms with Crippen LogP contribution in [0.2, 0.25) is 5.02 Å². The fourth-order valence-electron chi connectivity index (χ4n) is 1.77. The van der Waals surface area contributed by atoms with Crippen molar-refractivity contribution in [1.29, 1.82) is 0 Å². The maximum absolute atomic E-state index is 12.0. The van der Waals surface area contributed by atoms with E-state index < -0.39 is 5.91 Å². The van der Waals surface area contributed by atoms with Crippen molar-refractivity contribution in [3.63, 3.8) is 0 Å². The normalized spacial score (nSPS) is 10.7. The Morgan fingerprint density at radius 2 is 2.15 bits per heavy atom. The number of hydrogen-bond acceptors (Lipinski definition) is 6. The molecule has 1 amide bonds. The van der Waals surface area contributed by atoms with Crippen molar-refractivity contribution in [3.05, 3.63) is 41.2 Å². The molecule has 0 aliphatic carbocycles. The van der Waals surface area contributed by atoms with Gasteiger partial charge in [0.05, 0.1) is 16.2 Å². The van der Waals surface area contributed by atoms with Crippen LogP contribution in [0.3, 0.4) is 0 Å². The van der Waals surface area contributed by atoms with Crippen LogP contribution in [0.15, 0.2) is 35.1 Å². The van der Waals surface area contributed by atoms with Crippen LogP contribution in [0, 0.1) is 0 Å². The molecule has 0 saturated heterocycles. The van der Waals surface area contributed by atoms with Crippen LogP contribution < -0.4 is 11.1 Å². The second-order valence-corrected chi connectivity index (χ2v) is 4.35. The van der Waals surface area contributed by atoms with Crippen LogP contribution in [0.25, 0.3) is 10.9 Å². The summed E-state index contributed by atoms with van der Waals surface area (Å²) in [7, 11) is 0. The molecule has 2 aromatic heterocycles. The number of carbonyl (C=O) groups excluding carboxylic acids is 1. The molecule has 0 radical (unpaired) electrons. The molecule has 0 fully saturated rings. The highest BCUT2D eigenvalue weighted by Crippen LogP contribution is 2.28. The van der Waals surface area contributed by atoms with Gasteiger partial charge in [0, 0.05) is 11.6 Å². The molecule has 3 N–H and O–H groups in total. The minimum atomic E-state index is -0.530. The summed E-state index contributed by atoms with van der Waals surface area (Å²) in [6.45, 7) is 0. The number of anilines is 2. The molecule has 0 saturated carbocycles. The van der Waals surface area contributed by atoms with Gasteiger partial charge in [0.2, 0.25) is 11.5 Å². The third kappa shape index (κ3) is 2.04. The van der Waals surface area contributed by atoms with Crippen LogP contribution >= 0.6 is 11.6 Å². The molecule has 3 aromatic rings. The quantitative estimate of drug-likeness (QED) is 0.748. The van der Waals surface area contributed by atoms with Crippen molar-refractivity contribution < 1.29 is 9.42 Å². The lowest BCUT2D eigenvalue weighted by atomic mass is 10.2. The Balaban J connectivity index is 2.02. The molecular formula is C12H8ClN5O2. The molecular weight excluding hydrogens is 282 g/mol. The molecule has 0 spiro atoms. The lowest BCUT2D eigenvalue weighted by Gasteiger charge is -2.07. The Bertz CT molecular complexity index is 801. The van der Waals surface area contributed by atoms with Gasteiger partial charge < -0.3 is 11.1 Å². The lowest BCUT2D eigenvalue weighted by Crippen LogP contribution is -2.14. The van der Waals surface area contributed by atoms with Crippen LogP contribution in [0.1, 0.15) is 10.5 Å².